The van der Waals surface area contributed by atoms with Crippen molar-refractivity contribution in [3.63, 3.8) is 0 Å². The van der Waals surface area contributed by atoms with Crippen LogP contribution in [0.3, 0.4) is 0 Å². The van der Waals surface area contributed by atoms with E-state index in [1.54, 1.807) is 18.2 Å². The summed E-state index contributed by atoms with van der Waals surface area (Å²) < 4.78 is 17.8. The summed E-state index contributed by atoms with van der Waals surface area (Å²) >= 11 is 0. The molecule has 2 N–H and O–H groups in total. The predicted molar refractivity (Wildman–Crippen MR) is 98.3 cm³/mol. The Morgan fingerprint density at radius 2 is 1.81 bits per heavy atom. The lowest BCUT2D eigenvalue weighted by atomic mass is 9.75. The van der Waals surface area contributed by atoms with Crippen LogP contribution in [0.25, 0.3) is 0 Å². The monoisotopic (exact) mass is 363 g/mol. The number of ether oxygens (including phenoxy) is 1. The van der Waals surface area contributed by atoms with Crippen molar-refractivity contribution in [1.82, 2.24) is 5.32 Å². The average Bonchev–Trinajstić information content (AvgIpc) is 2.74. The topological polar surface area (TPSA) is 94.1 Å². The van der Waals surface area contributed by atoms with Crippen molar-refractivity contribution in [3.05, 3.63) is 23.8 Å². The van der Waals surface area contributed by atoms with Gasteiger partial charge in [0.1, 0.15) is 5.75 Å². The van der Waals surface area contributed by atoms with Gasteiger partial charge in [0.15, 0.2) is 5.78 Å². The number of carbonyl (C=O) groups excluding carboxylic acids is 1. The zero-order chi connectivity index (χ0) is 19.5. The van der Waals surface area contributed by atoms with E-state index in [4.69, 9.17) is 19.2 Å². The fraction of sp³-hybridized carbons (Fsp3) is 0.556. The van der Waals surface area contributed by atoms with Crippen LogP contribution in [0.4, 0.5) is 4.79 Å². The molecule has 0 saturated carbocycles. The fourth-order valence-electron chi connectivity index (χ4n) is 2.57. The summed E-state index contributed by atoms with van der Waals surface area (Å²) in [6.45, 7) is 9.98. The second-order valence-electron chi connectivity index (χ2n) is 7.33. The lowest BCUT2D eigenvalue weighted by Gasteiger charge is -2.32. The van der Waals surface area contributed by atoms with E-state index in [1.807, 2.05) is 27.7 Å². The third kappa shape index (κ3) is 4.56. The summed E-state index contributed by atoms with van der Waals surface area (Å²) in [6, 6.07) is 5.17. The molecule has 0 aliphatic carbocycles. The van der Waals surface area contributed by atoms with Crippen LogP contribution in [0.5, 0.6) is 5.75 Å². The number of carbonyl (C=O) groups is 2. The highest BCUT2D eigenvalue weighted by atomic mass is 16.7. The summed E-state index contributed by atoms with van der Waals surface area (Å²) in [4.78, 5) is 22.4. The molecule has 0 bridgehead atoms. The number of Topliss-reactive ketones (excluding diaryl/α,β-unsaturated/α-hetero) is 1. The smallest absolute Gasteiger partial charge is 0.494 e. The minimum absolute atomic E-state index is 0.0769. The minimum Gasteiger partial charge on any atom is -0.494 e. The van der Waals surface area contributed by atoms with E-state index in [0.717, 1.165) is 0 Å². The number of hydrogen-bond donors (Lipinski definition) is 2. The largest absolute Gasteiger partial charge is 0.495 e. The highest BCUT2D eigenvalue weighted by Crippen LogP contribution is 2.37. The van der Waals surface area contributed by atoms with Gasteiger partial charge in [-0.05, 0) is 64.7 Å². The van der Waals surface area contributed by atoms with Crippen molar-refractivity contribution in [3.8, 4) is 5.75 Å². The fourth-order valence-corrected chi connectivity index (χ4v) is 2.57. The molecule has 1 heterocycles. The third-order valence-corrected chi connectivity index (χ3v) is 4.78. The van der Waals surface area contributed by atoms with Gasteiger partial charge in [0.05, 0.1) is 17.8 Å². The molecule has 1 fully saturated rings. The molecule has 2 rings (SSSR count). The Bertz CT molecular complexity index is 672. The van der Waals surface area contributed by atoms with Crippen LogP contribution in [0.15, 0.2) is 18.2 Å². The number of carboxylic acid groups (broad SMARTS) is 1. The van der Waals surface area contributed by atoms with Gasteiger partial charge in [0.25, 0.3) is 0 Å². The summed E-state index contributed by atoms with van der Waals surface area (Å²) in [6.07, 6.45) is -0.522. The zero-order valence-electron chi connectivity index (χ0n) is 15.9. The van der Waals surface area contributed by atoms with Crippen LogP contribution in [0.1, 0.15) is 51.4 Å². The zero-order valence-corrected chi connectivity index (χ0v) is 15.9. The van der Waals surface area contributed by atoms with E-state index in [-0.39, 0.29) is 5.78 Å². The first-order valence-electron chi connectivity index (χ1n) is 8.63. The lowest BCUT2D eigenvalue weighted by molar-refractivity contribution is 0.00578. The van der Waals surface area contributed by atoms with Crippen LogP contribution in [0.2, 0.25) is 0 Å². The molecule has 1 amide bonds. The number of nitrogens with one attached hydrogen (secondary N) is 1. The van der Waals surface area contributed by atoms with Crippen molar-refractivity contribution in [1.29, 1.82) is 0 Å². The quantitative estimate of drug-likeness (QED) is 0.438. The van der Waals surface area contributed by atoms with E-state index in [9.17, 15) is 9.59 Å². The van der Waals surface area contributed by atoms with E-state index >= 15 is 0 Å². The van der Waals surface area contributed by atoms with Crippen molar-refractivity contribution >= 4 is 24.5 Å². The molecule has 8 heteroatoms. The van der Waals surface area contributed by atoms with Crippen LogP contribution in [-0.4, -0.2) is 48.5 Å². The molecule has 142 valence electrons. The van der Waals surface area contributed by atoms with Gasteiger partial charge < -0.3 is 24.5 Å². The van der Waals surface area contributed by atoms with Crippen LogP contribution < -0.4 is 15.5 Å². The standard InChI is InChI=1S/C18H26BNO6/c1-12(21)14-8-7-13(24-10-6-9-20-16(22)23)11-15(14)19-25-17(2,3)18(4,5)26-19/h7-8,11,20H,6,9-10H2,1-5H3,(H,22,23). The van der Waals surface area contributed by atoms with Gasteiger partial charge in [-0.15, -0.1) is 0 Å². The maximum absolute atomic E-state index is 12.0. The Hall–Kier alpha value is -2.06. The van der Waals surface area contributed by atoms with Crippen molar-refractivity contribution < 1.29 is 28.7 Å². The molecule has 0 spiro atoms. The van der Waals surface area contributed by atoms with Gasteiger partial charge in [-0.2, -0.15) is 0 Å². The van der Waals surface area contributed by atoms with Gasteiger partial charge in [0.2, 0.25) is 0 Å². The number of benzene rings is 1. The summed E-state index contributed by atoms with van der Waals surface area (Å²) in [5, 5.41) is 10.8. The van der Waals surface area contributed by atoms with Gasteiger partial charge in [-0.1, -0.05) is 0 Å². The van der Waals surface area contributed by atoms with Gasteiger partial charge in [-0.25, -0.2) is 4.79 Å². The molecule has 0 unspecified atom stereocenters. The highest BCUT2D eigenvalue weighted by molar-refractivity contribution is 6.63. The molecule has 0 radical (unpaired) electrons. The average molecular weight is 363 g/mol. The minimum atomic E-state index is -1.06. The molecular formula is C18H26BNO6. The maximum Gasteiger partial charge on any atom is 0.495 e. The van der Waals surface area contributed by atoms with E-state index < -0.39 is 24.4 Å². The Kier molecular flexibility index (Phi) is 5.98. The molecule has 1 aromatic carbocycles. The van der Waals surface area contributed by atoms with Gasteiger partial charge in [-0.3, -0.25) is 4.79 Å². The van der Waals surface area contributed by atoms with Crippen LogP contribution in [0, 0.1) is 0 Å². The van der Waals surface area contributed by atoms with Crippen molar-refractivity contribution in [2.24, 2.45) is 0 Å². The Labute approximate surface area is 154 Å². The molecular weight excluding hydrogens is 337 g/mol. The van der Waals surface area contributed by atoms with Crippen molar-refractivity contribution in [2.45, 2.75) is 52.2 Å². The van der Waals surface area contributed by atoms with E-state index in [1.165, 1.54) is 6.92 Å². The maximum atomic E-state index is 12.0. The van der Waals surface area contributed by atoms with Gasteiger partial charge in [0, 0.05) is 12.1 Å². The van der Waals surface area contributed by atoms with E-state index in [0.29, 0.717) is 36.3 Å². The summed E-state index contributed by atoms with van der Waals surface area (Å²) in [7, 11) is -0.656. The van der Waals surface area contributed by atoms with Crippen LogP contribution in [-0.2, 0) is 9.31 Å². The number of hydrogen-bond acceptors (Lipinski definition) is 5. The first-order chi connectivity index (χ1) is 12.0. The van der Waals surface area contributed by atoms with Gasteiger partial charge >= 0.3 is 13.2 Å². The summed E-state index contributed by atoms with van der Waals surface area (Å²) in [5.74, 6) is 0.502. The number of rotatable bonds is 7. The first kappa shape index (κ1) is 20.3. The second-order valence-corrected chi connectivity index (χ2v) is 7.33. The molecule has 0 aromatic heterocycles. The summed E-state index contributed by atoms with van der Waals surface area (Å²) in [5.41, 5.74) is 0.150. The molecule has 1 aliphatic heterocycles. The molecule has 0 atom stereocenters. The predicted octanol–water partition coefficient (Wildman–Crippen LogP) is 2.22. The third-order valence-electron chi connectivity index (χ3n) is 4.78. The first-order valence-corrected chi connectivity index (χ1v) is 8.63. The Morgan fingerprint density at radius 1 is 1.19 bits per heavy atom. The SMILES string of the molecule is CC(=O)c1ccc(OCCCNC(=O)O)cc1B1OC(C)(C)C(C)(C)O1. The number of amides is 1. The number of ketones is 1. The highest BCUT2D eigenvalue weighted by Gasteiger charge is 2.52. The normalized spacial score (nSPS) is 17.8. The molecule has 1 aromatic rings. The second kappa shape index (κ2) is 7.67. The molecule has 7 nitrogen and oxygen atoms in total. The Morgan fingerprint density at radius 3 is 2.35 bits per heavy atom. The van der Waals surface area contributed by atoms with Crippen LogP contribution >= 0.6 is 0 Å². The molecule has 26 heavy (non-hydrogen) atoms. The van der Waals surface area contributed by atoms with Crippen molar-refractivity contribution in [2.75, 3.05) is 13.2 Å². The Balaban J connectivity index is 2.14. The van der Waals surface area contributed by atoms with E-state index in [2.05, 4.69) is 5.32 Å². The lowest BCUT2D eigenvalue weighted by Crippen LogP contribution is -2.41. The molecule has 1 aliphatic rings. The molecule has 1 saturated heterocycles.